The Labute approximate surface area is 113 Å². The molecule has 0 bridgehead atoms. The highest BCUT2D eigenvalue weighted by Crippen LogP contribution is 2.35. The van der Waals surface area contributed by atoms with Crippen LogP contribution in [0.2, 0.25) is 0 Å². The summed E-state index contributed by atoms with van der Waals surface area (Å²) in [5.41, 5.74) is 1.22. The maximum Gasteiger partial charge on any atom is 0.136 e. The van der Waals surface area contributed by atoms with Gasteiger partial charge in [0.2, 0.25) is 0 Å². The normalized spacial score (nSPS) is 27.1. The molecule has 2 heterocycles. The molecule has 0 N–H and O–H groups in total. The summed E-state index contributed by atoms with van der Waals surface area (Å²) in [5.74, 6) is 1.23. The number of carbonyl (C=O) groups is 1. The van der Waals surface area contributed by atoms with Crippen LogP contribution >= 0.6 is 0 Å². The van der Waals surface area contributed by atoms with Gasteiger partial charge in [0.25, 0.3) is 0 Å². The third kappa shape index (κ3) is 2.43. The van der Waals surface area contributed by atoms with Crippen LogP contribution < -0.4 is 4.74 Å². The van der Waals surface area contributed by atoms with Crippen LogP contribution in [0.3, 0.4) is 0 Å². The number of hydrogen-bond donors (Lipinski definition) is 0. The summed E-state index contributed by atoms with van der Waals surface area (Å²) in [6.45, 7) is 1.05. The van der Waals surface area contributed by atoms with Crippen LogP contribution in [0.1, 0.15) is 30.9 Å². The number of hydrogen-bond acceptors (Lipinski definition) is 3. The van der Waals surface area contributed by atoms with Crippen LogP contribution in [-0.4, -0.2) is 30.4 Å². The Hall–Kier alpha value is -1.61. The summed E-state index contributed by atoms with van der Waals surface area (Å²) < 4.78 is 5.19. The number of fused-ring (bicyclic) bond motifs is 1. The second-order valence-corrected chi connectivity index (χ2v) is 5.26. The number of methoxy groups -OCH3 is 1. The van der Waals surface area contributed by atoms with E-state index >= 15 is 0 Å². The first-order valence-electron chi connectivity index (χ1n) is 6.86. The standard InChI is InChI=1S/C16H19NO2/c1-19-15-7-5-12(6-8-15)16-11-14(18)10-13-4-2-3-9-17(13)16/h2,4-8,13,16H,3,9-11H2,1H3/t13-,16+/m0/s1. The average molecular weight is 257 g/mol. The van der Waals surface area contributed by atoms with E-state index in [4.69, 9.17) is 4.74 Å². The van der Waals surface area contributed by atoms with Gasteiger partial charge in [0.05, 0.1) is 7.11 Å². The lowest BCUT2D eigenvalue weighted by Crippen LogP contribution is -2.45. The van der Waals surface area contributed by atoms with Gasteiger partial charge in [0.15, 0.2) is 0 Å². The van der Waals surface area contributed by atoms with Gasteiger partial charge < -0.3 is 4.74 Å². The van der Waals surface area contributed by atoms with E-state index in [0.29, 0.717) is 24.7 Å². The van der Waals surface area contributed by atoms with Gasteiger partial charge in [-0.3, -0.25) is 9.69 Å². The van der Waals surface area contributed by atoms with Crippen molar-refractivity contribution in [3.63, 3.8) is 0 Å². The fourth-order valence-corrected chi connectivity index (χ4v) is 3.11. The predicted octanol–water partition coefficient (Wildman–Crippen LogP) is 2.73. The molecule has 1 fully saturated rings. The minimum absolute atomic E-state index is 0.224. The highest BCUT2D eigenvalue weighted by atomic mass is 16.5. The molecule has 1 aromatic rings. The van der Waals surface area contributed by atoms with E-state index in [9.17, 15) is 4.79 Å². The van der Waals surface area contributed by atoms with Crippen molar-refractivity contribution in [2.24, 2.45) is 0 Å². The Morgan fingerprint density at radius 1 is 1.21 bits per heavy atom. The molecule has 0 amide bonds. The number of ether oxygens (including phenoxy) is 1. The number of ketones is 1. The molecular weight excluding hydrogens is 238 g/mol. The van der Waals surface area contributed by atoms with Crippen LogP contribution in [0, 0.1) is 0 Å². The predicted molar refractivity (Wildman–Crippen MR) is 74.2 cm³/mol. The first kappa shape index (κ1) is 12.4. The zero-order valence-corrected chi connectivity index (χ0v) is 11.2. The summed E-state index contributed by atoms with van der Waals surface area (Å²) in [7, 11) is 1.67. The van der Waals surface area contributed by atoms with Gasteiger partial charge in [-0.2, -0.15) is 0 Å². The van der Waals surface area contributed by atoms with E-state index in [2.05, 4.69) is 29.2 Å². The van der Waals surface area contributed by atoms with E-state index in [1.54, 1.807) is 7.11 Å². The molecule has 0 saturated carbocycles. The smallest absolute Gasteiger partial charge is 0.136 e. The van der Waals surface area contributed by atoms with Crippen molar-refractivity contribution in [1.82, 2.24) is 4.90 Å². The highest BCUT2D eigenvalue weighted by molar-refractivity contribution is 5.81. The Balaban J connectivity index is 1.88. The summed E-state index contributed by atoms with van der Waals surface area (Å²) >= 11 is 0. The number of piperidine rings is 1. The maximum absolute atomic E-state index is 11.9. The number of benzene rings is 1. The molecule has 2 aliphatic heterocycles. The SMILES string of the molecule is COc1ccc([C@H]2CC(=O)C[C@@H]3C=CCCN23)cc1. The summed E-state index contributed by atoms with van der Waals surface area (Å²) in [6.07, 6.45) is 6.78. The van der Waals surface area contributed by atoms with E-state index in [0.717, 1.165) is 18.7 Å². The molecule has 1 aromatic carbocycles. The lowest BCUT2D eigenvalue weighted by Gasteiger charge is -2.42. The Kier molecular flexibility index (Phi) is 3.38. The number of rotatable bonds is 2. The second kappa shape index (κ2) is 5.17. The van der Waals surface area contributed by atoms with Gasteiger partial charge in [-0.05, 0) is 24.1 Å². The van der Waals surface area contributed by atoms with Crippen LogP contribution in [0.5, 0.6) is 5.75 Å². The molecule has 3 nitrogen and oxygen atoms in total. The van der Waals surface area contributed by atoms with Crippen molar-refractivity contribution in [1.29, 1.82) is 0 Å². The quantitative estimate of drug-likeness (QED) is 0.763. The van der Waals surface area contributed by atoms with E-state index in [1.165, 1.54) is 5.56 Å². The second-order valence-electron chi connectivity index (χ2n) is 5.26. The number of carbonyl (C=O) groups excluding carboxylic acids is 1. The zero-order chi connectivity index (χ0) is 13.2. The third-order valence-electron chi connectivity index (χ3n) is 4.10. The molecule has 2 aliphatic rings. The maximum atomic E-state index is 11.9. The van der Waals surface area contributed by atoms with Gasteiger partial charge in [0.1, 0.15) is 11.5 Å². The van der Waals surface area contributed by atoms with E-state index < -0.39 is 0 Å². The van der Waals surface area contributed by atoms with Crippen molar-refractivity contribution >= 4 is 5.78 Å². The molecule has 3 heteroatoms. The summed E-state index contributed by atoms with van der Waals surface area (Å²) in [4.78, 5) is 14.4. The molecule has 0 unspecified atom stereocenters. The molecule has 0 spiro atoms. The van der Waals surface area contributed by atoms with Crippen LogP contribution in [0.25, 0.3) is 0 Å². The topological polar surface area (TPSA) is 29.5 Å². The van der Waals surface area contributed by atoms with Gasteiger partial charge in [0, 0.05) is 31.5 Å². The van der Waals surface area contributed by atoms with Crippen molar-refractivity contribution < 1.29 is 9.53 Å². The molecule has 1 saturated heterocycles. The Morgan fingerprint density at radius 3 is 2.74 bits per heavy atom. The van der Waals surface area contributed by atoms with Crippen molar-refractivity contribution in [2.75, 3.05) is 13.7 Å². The molecule has 3 rings (SSSR count). The average Bonchev–Trinajstić information content (AvgIpc) is 2.46. The summed E-state index contributed by atoms with van der Waals surface area (Å²) in [6, 6.07) is 8.63. The Bertz CT molecular complexity index is 492. The van der Waals surface area contributed by atoms with E-state index in [1.807, 2.05) is 12.1 Å². The molecule has 19 heavy (non-hydrogen) atoms. The zero-order valence-electron chi connectivity index (χ0n) is 11.2. The first-order chi connectivity index (χ1) is 9.28. The van der Waals surface area contributed by atoms with Crippen LogP contribution in [0.15, 0.2) is 36.4 Å². The fourth-order valence-electron chi connectivity index (χ4n) is 3.11. The largest absolute Gasteiger partial charge is 0.497 e. The molecule has 0 aliphatic carbocycles. The molecule has 0 radical (unpaired) electrons. The summed E-state index contributed by atoms with van der Waals surface area (Å²) in [5, 5.41) is 0. The van der Waals surface area contributed by atoms with Crippen LogP contribution in [-0.2, 0) is 4.79 Å². The monoisotopic (exact) mass is 257 g/mol. The third-order valence-corrected chi connectivity index (χ3v) is 4.10. The number of nitrogens with zero attached hydrogens (tertiary/aromatic N) is 1. The minimum atomic E-state index is 0.224. The highest BCUT2D eigenvalue weighted by Gasteiger charge is 2.34. The minimum Gasteiger partial charge on any atom is -0.497 e. The van der Waals surface area contributed by atoms with Gasteiger partial charge in [-0.15, -0.1) is 0 Å². The lowest BCUT2D eigenvalue weighted by atomic mass is 9.88. The first-order valence-corrected chi connectivity index (χ1v) is 6.86. The number of Topliss-reactive ketones (excluding diaryl/α,β-unsaturated/α-hetero) is 1. The molecule has 0 aromatic heterocycles. The van der Waals surface area contributed by atoms with Gasteiger partial charge in [-0.1, -0.05) is 24.3 Å². The van der Waals surface area contributed by atoms with Crippen LogP contribution in [0.4, 0.5) is 0 Å². The fraction of sp³-hybridized carbons (Fsp3) is 0.438. The van der Waals surface area contributed by atoms with Crippen molar-refractivity contribution in [3.05, 3.63) is 42.0 Å². The van der Waals surface area contributed by atoms with Crippen molar-refractivity contribution in [3.8, 4) is 5.75 Å². The van der Waals surface area contributed by atoms with Gasteiger partial charge >= 0.3 is 0 Å². The van der Waals surface area contributed by atoms with Gasteiger partial charge in [-0.25, -0.2) is 0 Å². The molecular formula is C16H19NO2. The van der Waals surface area contributed by atoms with E-state index in [-0.39, 0.29) is 6.04 Å². The van der Waals surface area contributed by atoms with Crippen molar-refractivity contribution in [2.45, 2.75) is 31.3 Å². The molecule has 2 atom stereocenters. The lowest BCUT2D eigenvalue weighted by molar-refractivity contribution is -0.124. The molecule has 100 valence electrons. The Morgan fingerprint density at radius 2 is 2.00 bits per heavy atom.